The van der Waals surface area contributed by atoms with Gasteiger partial charge < -0.3 is 5.32 Å². The zero-order chi connectivity index (χ0) is 11.4. The maximum atomic E-state index is 4.07. The third kappa shape index (κ3) is 2.08. The molecule has 0 aliphatic heterocycles. The van der Waals surface area contributed by atoms with Crippen LogP contribution >= 0.6 is 0 Å². The van der Waals surface area contributed by atoms with Crippen molar-refractivity contribution in [2.75, 3.05) is 11.9 Å². The van der Waals surface area contributed by atoms with Gasteiger partial charge in [-0.25, -0.2) is 0 Å². The van der Waals surface area contributed by atoms with Crippen LogP contribution in [-0.2, 0) is 0 Å². The first-order chi connectivity index (χ1) is 7.83. The Bertz CT molecular complexity index is 474. The van der Waals surface area contributed by atoms with Crippen molar-refractivity contribution >= 4 is 5.69 Å². The normalized spacial score (nSPS) is 10.1. The molecule has 0 amide bonds. The summed E-state index contributed by atoms with van der Waals surface area (Å²) in [5.74, 6) is 0. The van der Waals surface area contributed by atoms with Crippen LogP contribution in [-0.4, -0.2) is 6.54 Å². The summed E-state index contributed by atoms with van der Waals surface area (Å²) in [6.07, 6.45) is 0. The number of hydrogen-bond acceptors (Lipinski definition) is 1. The Kier molecular flexibility index (Phi) is 3.25. The lowest BCUT2D eigenvalue weighted by atomic mass is 9.99. The molecule has 0 aromatic heterocycles. The number of benzene rings is 2. The summed E-state index contributed by atoms with van der Waals surface area (Å²) in [7, 11) is 0. The lowest BCUT2D eigenvalue weighted by Crippen LogP contribution is -1.98. The number of para-hydroxylation sites is 1. The molecular formula is C15H16N. The maximum Gasteiger partial charge on any atom is 0.0419 e. The number of anilines is 1. The van der Waals surface area contributed by atoms with Crippen LogP contribution in [0.1, 0.15) is 12.5 Å². The van der Waals surface area contributed by atoms with Crippen molar-refractivity contribution in [3.8, 4) is 11.1 Å². The van der Waals surface area contributed by atoms with E-state index in [1.807, 2.05) is 24.3 Å². The van der Waals surface area contributed by atoms with Crippen molar-refractivity contribution in [2.24, 2.45) is 0 Å². The molecular weight excluding hydrogens is 194 g/mol. The van der Waals surface area contributed by atoms with Gasteiger partial charge >= 0.3 is 0 Å². The average molecular weight is 210 g/mol. The second-order valence-corrected chi connectivity index (χ2v) is 3.73. The van der Waals surface area contributed by atoms with E-state index in [1.165, 1.54) is 16.8 Å². The molecule has 0 unspecified atom stereocenters. The maximum absolute atomic E-state index is 4.07. The molecule has 0 spiro atoms. The van der Waals surface area contributed by atoms with E-state index in [4.69, 9.17) is 0 Å². The van der Waals surface area contributed by atoms with E-state index in [-0.39, 0.29) is 0 Å². The fraction of sp³-hybridized carbons (Fsp3) is 0.133. The third-order valence-corrected chi connectivity index (χ3v) is 2.60. The SMILES string of the molecule is [CH2]c1ccccc1-c1ccccc1NCC. The molecule has 0 aliphatic carbocycles. The zero-order valence-corrected chi connectivity index (χ0v) is 9.53. The van der Waals surface area contributed by atoms with Crippen LogP contribution in [0.3, 0.4) is 0 Å². The molecule has 0 saturated heterocycles. The minimum absolute atomic E-state index is 0.927. The molecule has 0 aliphatic rings. The molecule has 2 aromatic rings. The van der Waals surface area contributed by atoms with Crippen molar-refractivity contribution in [1.29, 1.82) is 0 Å². The van der Waals surface area contributed by atoms with Gasteiger partial charge in [-0.2, -0.15) is 0 Å². The van der Waals surface area contributed by atoms with E-state index in [0.29, 0.717) is 0 Å². The van der Waals surface area contributed by atoms with Gasteiger partial charge in [-0.15, -0.1) is 0 Å². The predicted molar refractivity (Wildman–Crippen MR) is 70.5 cm³/mol. The highest BCUT2D eigenvalue weighted by Gasteiger charge is 2.05. The standard InChI is InChI=1S/C15H16N/c1-3-16-15-11-7-6-10-14(15)13-9-5-4-8-12(13)2/h4-11,16H,2-3H2,1H3. The molecule has 1 N–H and O–H groups in total. The van der Waals surface area contributed by atoms with Crippen molar-refractivity contribution in [3.05, 3.63) is 61.0 Å². The Morgan fingerprint density at radius 3 is 2.25 bits per heavy atom. The predicted octanol–water partition coefficient (Wildman–Crippen LogP) is 3.97. The van der Waals surface area contributed by atoms with Crippen LogP contribution in [0, 0.1) is 6.92 Å². The van der Waals surface area contributed by atoms with E-state index in [9.17, 15) is 0 Å². The van der Waals surface area contributed by atoms with E-state index in [0.717, 1.165) is 12.1 Å². The topological polar surface area (TPSA) is 12.0 Å². The van der Waals surface area contributed by atoms with Gasteiger partial charge in [0.25, 0.3) is 0 Å². The molecule has 0 fully saturated rings. The highest BCUT2D eigenvalue weighted by Crippen LogP contribution is 2.29. The minimum Gasteiger partial charge on any atom is -0.385 e. The summed E-state index contributed by atoms with van der Waals surface area (Å²) in [6.45, 7) is 7.10. The number of hydrogen-bond donors (Lipinski definition) is 1. The Morgan fingerprint density at radius 1 is 0.938 bits per heavy atom. The Labute approximate surface area is 97.1 Å². The number of rotatable bonds is 3. The second-order valence-electron chi connectivity index (χ2n) is 3.73. The molecule has 0 saturated carbocycles. The molecule has 16 heavy (non-hydrogen) atoms. The largest absolute Gasteiger partial charge is 0.385 e. The first-order valence-corrected chi connectivity index (χ1v) is 5.57. The van der Waals surface area contributed by atoms with E-state index < -0.39 is 0 Å². The molecule has 1 heteroatoms. The van der Waals surface area contributed by atoms with Gasteiger partial charge in [0.1, 0.15) is 0 Å². The van der Waals surface area contributed by atoms with Crippen molar-refractivity contribution in [1.82, 2.24) is 0 Å². The Morgan fingerprint density at radius 2 is 1.56 bits per heavy atom. The Balaban J connectivity index is 2.51. The van der Waals surface area contributed by atoms with E-state index in [1.54, 1.807) is 0 Å². The second kappa shape index (κ2) is 4.84. The fourth-order valence-electron chi connectivity index (χ4n) is 1.85. The van der Waals surface area contributed by atoms with Gasteiger partial charge in [0.15, 0.2) is 0 Å². The summed E-state index contributed by atoms with van der Waals surface area (Å²) >= 11 is 0. The van der Waals surface area contributed by atoms with E-state index in [2.05, 4.69) is 43.4 Å². The smallest absolute Gasteiger partial charge is 0.0419 e. The lowest BCUT2D eigenvalue weighted by Gasteiger charge is -2.12. The molecule has 0 atom stereocenters. The van der Waals surface area contributed by atoms with Gasteiger partial charge in [0, 0.05) is 17.8 Å². The van der Waals surface area contributed by atoms with Gasteiger partial charge in [-0.05, 0) is 31.0 Å². The lowest BCUT2D eigenvalue weighted by molar-refractivity contribution is 1.21. The monoisotopic (exact) mass is 210 g/mol. The molecule has 2 rings (SSSR count). The minimum atomic E-state index is 0.927. The molecule has 0 heterocycles. The van der Waals surface area contributed by atoms with Crippen molar-refractivity contribution in [2.45, 2.75) is 6.92 Å². The first kappa shape index (κ1) is 10.7. The molecule has 81 valence electrons. The van der Waals surface area contributed by atoms with Crippen LogP contribution < -0.4 is 5.32 Å². The highest BCUT2D eigenvalue weighted by atomic mass is 14.9. The van der Waals surface area contributed by atoms with Crippen LogP contribution in [0.25, 0.3) is 11.1 Å². The first-order valence-electron chi connectivity index (χ1n) is 5.57. The quantitative estimate of drug-likeness (QED) is 0.808. The van der Waals surface area contributed by atoms with Crippen LogP contribution in [0.4, 0.5) is 5.69 Å². The van der Waals surface area contributed by atoms with Crippen molar-refractivity contribution in [3.63, 3.8) is 0 Å². The summed E-state index contributed by atoms with van der Waals surface area (Å²) in [4.78, 5) is 0. The fourth-order valence-corrected chi connectivity index (χ4v) is 1.85. The van der Waals surface area contributed by atoms with Gasteiger partial charge in [-0.1, -0.05) is 42.5 Å². The summed E-state index contributed by atoms with van der Waals surface area (Å²) in [5.41, 5.74) is 4.64. The number of nitrogens with one attached hydrogen (secondary N) is 1. The van der Waals surface area contributed by atoms with Crippen LogP contribution in [0.5, 0.6) is 0 Å². The molecule has 0 bridgehead atoms. The van der Waals surface area contributed by atoms with Gasteiger partial charge in [-0.3, -0.25) is 0 Å². The molecule has 2 aromatic carbocycles. The molecule has 1 nitrogen and oxygen atoms in total. The van der Waals surface area contributed by atoms with Crippen molar-refractivity contribution < 1.29 is 0 Å². The van der Waals surface area contributed by atoms with E-state index >= 15 is 0 Å². The summed E-state index contributed by atoms with van der Waals surface area (Å²) < 4.78 is 0. The van der Waals surface area contributed by atoms with Gasteiger partial charge in [0.2, 0.25) is 0 Å². The van der Waals surface area contributed by atoms with Gasteiger partial charge in [0.05, 0.1) is 0 Å². The zero-order valence-electron chi connectivity index (χ0n) is 9.53. The third-order valence-electron chi connectivity index (χ3n) is 2.60. The summed E-state index contributed by atoms with van der Waals surface area (Å²) in [5, 5.41) is 3.37. The van der Waals surface area contributed by atoms with Crippen LogP contribution in [0.2, 0.25) is 0 Å². The Hall–Kier alpha value is -1.76. The average Bonchev–Trinajstić information content (AvgIpc) is 2.31. The molecule has 1 radical (unpaired) electrons. The summed E-state index contributed by atoms with van der Waals surface area (Å²) in [6, 6.07) is 16.5. The van der Waals surface area contributed by atoms with Crippen LogP contribution in [0.15, 0.2) is 48.5 Å². The highest BCUT2D eigenvalue weighted by molar-refractivity contribution is 5.80.